The molecular formula is C10H11FIN. The van der Waals surface area contributed by atoms with Gasteiger partial charge in [0.1, 0.15) is 5.82 Å². The first-order chi connectivity index (χ1) is 6.11. The number of rotatable bonds is 0. The van der Waals surface area contributed by atoms with Crippen LogP contribution in [0.5, 0.6) is 0 Å². The number of hydrogen-bond donors (Lipinski definition) is 1. The van der Waals surface area contributed by atoms with E-state index in [-0.39, 0.29) is 11.9 Å². The van der Waals surface area contributed by atoms with Crippen LogP contribution in [0.3, 0.4) is 0 Å². The van der Waals surface area contributed by atoms with E-state index >= 15 is 0 Å². The molecule has 1 aromatic rings. The molecule has 0 heterocycles. The summed E-state index contributed by atoms with van der Waals surface area (Å²) in [6.07, 6.45) is 1.87. The van der Waals surface area contributed by atoms with E-state index in [1.54, 1.807) is 6.07 Å². The third-order valence-electron chi connectivity index (χ3n) is 2.67. The first-order valence-electron chi connectivity index (χ1n) is 4.34. The topological polar surface area (TPSA) is 26.0 Å². The molecule has 70 valence electrons. The van der Waals surface area contributed by atoms with Gasteiger partial charge >= 0.3 is 0 Å². The van der Waals surface area contributed by atoms with Crippen LogP contribution in [0.15, 0.2) is 6.07 Å². The molecule has 1 aliphatic rings. The van der Waals surface area contributed by atoms with Crippen LogP contribution >= 0.6 is 22.6 Å². The maximum Gasteiger partial charge on any atom is 0.127 e. The van der Waals surface area contributed by atoms with Crippen LogP contribution in [0.2, 0.25) is 0 Å². The number of benzene rings is 1. The minimum atomic E-state index is -0.0998. The molecule has 2 rings (SSSR count). The lowest BCUT2D eigenvalue weighted by Gasteiger charge is -2.10. The minimum Gasteiger partial charge on any atom is -0.324 e. The third kappa shape index (κ3) is 1.38. The van der Waals surface area contributed by atoms with Gasteiger partial charge < -0.3 is 5.73 Å². The van der Waals surface area contributed by atoms with Gasteiger partial charge in [0.2, 0.25) is 0 Å². The van der Waals surface area contributed by atoms with E-state index in [1.165, 1.54) is 5.56 Å². The highest BCUT2D eigenvalue weighted by Gasteiger charge is 2.24. The summed E-state index contributed by atoms with van der Waals surface area (Å²) in [5.74, 6) is -0.0998. The molecule has 1 aliphatic carbocycles. The van der Waals surface area contributed by atoms with Crippen molar-refractivity contribution >= 4 is 22.6 Å². The molecule has 1 nitrogen and oxygen atoms in total. The summed E-state index contributed by atoms with van der Waals surface area (Å²) in [4.78, 5) is 0. The average molecular weight is 291 g/mol. The minimum absolute atomic E-state index is 0.0998. The molecule has 0 aromatic heterocycles. The van der Waals surface area contributed by atoms with Crippen LogP contribution in [0.1, 0.15) is 29.2 Å². The zero-order valence-electron chi connectivity index (χ0n) is 7.40. The Kier molecular flexibility index (Phi) is 2.32. The number of halogens is 2. The average Bonchev–Trinajstić information content (AvgIpc) is 2.43. The van der Waals surface area contributed by atoms with Gasteiger partial charge in [-0.25, -0.2) is 4.39 Å². The molecule has 0 spiro atoms. The van der Waals surface area contributed by atoms with Crippen LogP contribution in [-0.2, 0) is 6.42 Å². The Balaban J connectivity index is 2.68. The Morgan fingerprint density at radius 1 is 1.62 bits per heavy atom. The van der Waals surface area contributed by atoms with Crippen molar-refractivity contribution in [3.63, 3.8) is 0 Å². The molecule has 2 N–H and O–H groups in total. The second kappa shape index (κ2) is 3.20. The van der Waals surface area contributed by atoms with Gasteiger partial charge in [0.05, 0.1) is 0 Å². The molecule has 3 heteroatoms. The molecule has 0 saturated heterocycles. The van der Waals surface area contributed by atoms with Gasteiger partial charge in [0, 0.05) is 9.61 Å². The van der Waals surface area contributed by atoms with Crippen molar-refractivity contribution in [2.24, 2.45) is 5.73 Å². The fraction of sp³-hybridized carbons (Fsp3) is 0.400. The Bertz CT molecular complexity index is 362. The first kappa shape index (κ1) is 9.40. The summed E-state index contributed by atoms with van der Waals surface area (Å²) < 4.78 is 14.3. The largest absolute Gasteiger partial charge is 0.324 e. The fourth-order valence-electron chi connectivity index (χ4n) is 1.85. The van der Waals surface area contributed by atoms with Gasteiger partial charge in [-0.15, -0.1) is 0 Å². The lowest BCUT2D eigenvalue weighted by Crippen LogP contribution is -2.08. The molecule has 0 amide bonds. The SMILES string of the molecule is Cc1c(F)cc2c(c1I)[C@@H](N)CC2. The Morgan fingerprint density at radius 2 is 2.31 bits per heavy atom. The standard InChI is InChI=1S/C10H11FIN/c1-5-7(11)4-6-2-3-8(13)9(6)10(5)12/h4,8H,2-3,13H2,1H3/t8-/m0/s1. The molecule has 0 saturated carbocycles. The van der Waals surface area contributed by atoms with Crippen molar-refractivity contribution in [2.75, 3.05) is 0 Å². The van der Waals surface area contributed by atoms with E-state index < -0.39 is 0 Å². The molecule has 0 radical (unpaired) electrons. The lowest BCUT2D eigenvalue weighted by atomic mass is 10.1. The Hall–Kier alpha value is -0.160. The van der Waals surface area contributed by atoms with E-state index in [9.17, 15) is 4.39 Å². The monoisotopic (exact) mass is 291 g/mol. The maximum atomic E-state index is 13.3. The highest BCUT2D eigenvalue weighted by molar-refractivity contribution is 14.1. The summed E-state index contributed by atoms with van der Waals surface area (Å²) in [7, 11) is 0. The van der Waals surface area contributed by atoms with Crippen LogP contribution in [0, 0.1) is 16.3 Å². The molecule has 0 unspecified atom stereocenters. The summed E-state index contributed by atoms with van der Waals surface area (Å²) >= 11 is 2.19. The van der Waals surface area contributed by atoms with Gasteiger partial charge in [-0.1, -0.05) is 0 Å². The second-order valence-corrected chi connectivity index (χ2v) is 4.59. The highest BCUT2D eigenvalue weighted by Crippen LogP contribution is 2.35. The van der Waals surface area contributed by atoms with Crippen molar-refractivity contribution in [1.82, 2.24) is 0 Å². The van der Waals surface area contributed by atoms with Gasteiger partial charge in [-0.05, 0) is 65.1 Å². The Morgan fingerprint density at radius 3 is 3.00 bits per heavy atom. The first-order valence-corrected chi connectivity index (χ1v) is 5.42. The summed E-state index contributed by atoms with van der Waals surface area (Å²) in [6.45, 7) is 1.81. The quantitative estimate of drug-likeness (QED) is 0.731. The number of hydrogen-bond acceptors (Lipinski definition) is 1. The molecular weight excluding hydrogens is 280 g/mol. The van der Waals surface area contributed by atoms with Crippen LogP contribution < -0.4 is 5.73 Å². The fourth-order valence-corrected chi connectivity index (χ4v) is 2.85. The number of nitrogens with two attached hydrogens (primary N) is 1. The van der Waals surface area contributed by atoms with Gasteiger partial charge in [0.15, 0.2) is 0 Å². The van der Waals surface area contributed by atoms with Crippen molar-refractivity contribution < 1.29 is 4.39 Å². The zero-order valence-corrected chi connectivity index (χ0v) is 9.56. The summed E-state index contributed by atoms with van der Waals surface area (Å²) in [5.41, 5.74) is 8.94. The van der Waals surface area contributed by atoms with Gasteiger partial charge in [-0.2, -0.15) is 0 Å². The van der Waals surface area contributed by atoms with E-state index in [1.807, 2.05) is 6.92 Å². The smallest absolute Gasteiger partial charge is 0.127 e. The van der Waals surface area contributed by atoms with E-state index in [4.69, 9.17) is 5.73 Å². The molecule has 0 bridgehead atoms. The number of fused-ring (bicyclic) bond motifs is 1. The lowest BCUT2D eigenvalue weighted by molar-refractivity contribution is 0.614. The molecule has 1 atom stereocenters. The molecule has 13 heavy (non-hydrogen) atoms. The van der Waals surface area contributed by atoms with E-state index in [2.05, 4.69) is 22.6 Å². The van der Waals surface area contributed by atoms with E-state index in [0.717, 1.165) is 27.5 Å². The van der Waals surface area contributed by atoms with Crippen molar-refractivity contribution in [1.29, 1.82) is 0 Å². The predicted octanol–water partition coefficient (Wildman–Crippen LogP) is 2.68. The second-order valence-electron chi connectivity index (χ2n) is 3.52. The third-order valence-corrected chi connectivity index (χ3v) is 4.06. The maximum absolute atomic E-state index is 13.3. The van der Waals surface area contributed by atoms with Crippen LogP contribution in [0.25, 0.3) is 0 Å². The van der Waals surface area contributed by atoms with Crippen molar-refractivity contribution in [2.45, 2.75) is 25.8 Å². The highest BCUT2D eigenvalue weighted by atomic mass is 127. The van der Waals surface area contributed by atoms with E-state index in [0.29, 0.717) is 0 Å². The Labute approximate surface area is 90.7 Å². The van der Waals surface area contributed by atoms with Crippen molar-refractivity contribution in [3.05, 3.63) is 32.1 Å². The van der Waals surface area contributed by atoms with Crippen molar-refractivity contribution in [3.8, 4) is 0 Å². The van der Waals surface area contributed by atoms with Gasteiger partial charge in [0.25, 0.3) is 0 Å². The summed E-state index contributed by atoms with van der Waals surface area (Å²) in [6, 6.07) is 1.75. The normalized spacial score (nSPS) is 20.5. The molecule has 0 aliphatic heterocycles. The molecule has 0 fully saturated rings. The molecule has 1 aromatic carbocycles. The summed E-state index contributed by atoms with van der Waals surface area (Å²) in [5, 5.41) is 0. The predicted molar refractivity (Wildman–Crippen MR) is 59.1 cm³/mol. The van der Waals surface area contributed by atoms with Crippen LogP contribution in [-0.4, -0.2) is 0 Å². The number of aryl methyl sites for hydroxylation is 1. The van der Waals surface area contributed by atoms with Gasteiger partial charge in [-0.3, -0.25) is 0 Å². The zero-order chi connectivity index (χ0) is 9.59. The van der Waals surface area contributed by atoms with Crippen LogP contribution in [0.4, 0.5) is 4.39 Å².